The van der Waals surface area contributed by atoms with Crippen LogP contribution in [0.1, 0.15) is 30.5 Å². The van der Waals surface area contributed by atoms with E-state index in [1.54, 1.807) is 25.0 Å². The molecule has 1 saturated carbocycles. The summed E-state index contributed by atoms with van der Waals surface area (Å²) in [5.74, 6) is 10.0. The van der Waals surface area contributed by atoms with E-state index in [9.17, 15) is 0 Å². The number of rotatable bonds is 7. The van der Waals surface area contributed by atoms with Crippen molar-refractivity contribution in [3.8, 4) is 22.9 Å². The summed E-state index contributed by atoms with van der Waals surface area (Å²) < 4.78 is 17.5. The average molecular weight is 374 g/mol. The molecule has 4 rings (SSSR count). The zero-order valence-electron chi connectivity index (χ0n) is 14.4. The van der Waals surface area contributed by atoms with Gasteiger partial charge in [-0.05, 0) is 25.0 Å². The number of hydrogen-bond acceptors (Lipinski definition) is 9. The molecule has 0 atom stereocenters. The predicted molar refractivity (Wildman–Crippen MR) is 94.5 cm³/mol. The van der Waals surface area contributed by atoms with Gasteiger partial charge in [-0.3, -0.25) is 0 Å². The number of hydrogen-bond donors (Lipinski definition) is 1. The van der Waals surface area contributed by atoms with Crippen molar-refractivity contribution in [1.82, 2.24) is 25.0 Å². The van der Waals surface area contributed by atoms with Crippen LogP contribution in [0.15, 0.2) is 27.9 Å². The number of nitrogen functional groups attached to an aromatic ring is 1. The van der Waals surface area contributed by atoms with Crippen molar-refractivity contribution in [2.24, 2.45) is 0 Å². The number of methoxy groups -OCH3 is 2. The van der Waals surface area contributed by atoms with E-state index in [0.717, 1.165) is 24.2 Å². The van der Waals surface area contributed by atoms with Crippen LogP contribution in [0.25, 0.3) is 11.4 Å². The first-order chi connectivity index (χ1) is 12.7. The molecule has 0 radical (unpaired) electrons. The quantitative estimate of drug-likeness (QED) is 0.491. The molecule has 0 amide bonds. The third-order valence-electron chi connectivity index (χ3n) is 4.08. The van der Waals surface area contributed by atoms with E-state index >= 15 is 0 Å². The lowest BCUT2D eigenvalue weighted by Crippen LogP contribution is -2.13. The van der Waals surface area contributed by atoms with Gasteiger partial charge in [0.25, 0.3) is 0 Å². The van der Waals surface area contributed by atoms with E-state index in [-0.39, 0.29) is 0 Å². The first-order valence-corrected chi connectivity index (χ1v) is 9.06. The van der Waals surface area contributed by atoms with Gasteiger partial charge in [0.15, 0.2) is 5.82 Å². The molecule has 3 aromatic rings. The number of nitrogens with two attached hydrogens (primary N) is 1. The molecule has 0 spiro atoms. The highest BCUT2D eigenvalue weighted by Gasteiger charge is 2.30. The van der Waals surface area contributed by atoms with E-state index in [2.05, 4.69) is 20.3 Å². The molecule has 2 N–H and O–H groups in total. The van der Waals surface area contributed by atoms with Crippen molar-refractivity contribution >= 4 is 11.8 Å². The molecule has 1 aromatic carbocycles. The second-order valence-electron chi connectivity index (χ2n) is 5.85. The predicted octanol–water partition coefficient (Wildman–Crippen LogP) is 2.23. The lowest BCUT2D eigenvalue weighted by molar-refractivity contribution is 0.388. The molecule has 10 heteroatoms. The molecule has 0 aliphatic heterocycles. The molecule has 0 unspecified atom stereocenters. The highest BCUT2D eigenvalue weighted by Crippen LogP contribution is 2.39. The van der Waals surface area contributed by atoms with Gasteiger partial charge < -0.3 is 19.8 Å². The van der Waals surface area contributed by atoms with E-state index in [4.69, 9.17) is 19.8 Å². The maximum atomic E-state index is 6.05. The molecular weight excluding hydrogens is 356 g/mol. The highest BCUT2D eigenvalue weighted by atomic mass is 32.2. The van der Waals surface area contributed by atoms with Crippen LogP contribution in [0.4, 0.5) is 0 Å². The molecule has 2 aromatic heterocycles. The van der Waals surface area contributed by atoms with Crippen LogP contribution >= 0.6 is 11.8 Å². The van der Waals surface area contributed by atoms with E-state index < -0.39 is 0 Å². The molecule has 9 nitrogen and oxygen atoms in total. The van der Waals surface area contributed by atoms with Crippen LogP contribution in [0, 0.1) is 0 Å². The Labute approximate surface area is 153 Å². The van der Waals surface area contributed by atoms with Gasteiger partial charge in [0.2, 0.25) is 16.9 Å². The SMILES string of the molecule is COc1ccc(-c2noc(CSc3nnc(C4CC4)n3N)n2)c(OC)c1. The van der Waals surface area contributed by atoms with Crippen molar-refractivity contribution in [2.75, 3.05) is 20.1 Å². The molecule has 136 valence electrons. The van der Waals surface area contributed by atoms with Crippen molar-refractivity contribution in [3.63, 3.8) is 0 Å². The second kappa shape index (κ2) is 6.87. The molecule has 0 bridgehead atoms. The van der Waals surface area contributed by atoms with E-state index in [1.165, 1.54) is 11.8 Å². The fourth-order valence-corrected chi connectivity index (χ4v) is 3.24. The van der Waals surface area contributed by atoms with Gasteiger partial charge in [0, 0.05) is 12.0 Å². The first kappa shape index (κ1) is 16.7. The molecule has 26 heavy (non-hydrogen) atoms. The summed E-state index contributed by atoms with van der Waals surface area (Å²) in [4.78, 5) is 4.43. The Hall–Kier alpha value is -2.75. The summed E-state index contributed by atoms with van der Waals surface area (Å²) >= 11 is 1.41. The zero-order chi connectivity index (χ0) is 18.1. The minimum Gasteiger partial charge on any atom is -0.497 e. The lowest BCUT2D eigenvalue weighted by Gasteiger charge is -2.07. The van der Waals surface area contributed by atoms with Gasteiger partial charge in [-0.25, -0.2) is 4.68 Å². The first-order valence-electron chi connectivity index (χ1n) is 8.07. The van der Waals surface area contributed by atoms with Gasteiger partial charge >= 0.3 is 0 Å². The van der Waals surface area contributed by atoms with Crippen LogP contribution in [0.5, 0.6) is 11.5 Å². The number of thioether (sulfide) groups is 1. The Morgan fingerprint density at radius 2 is 2.12 bits per heavy atom. The van der Waals surface area contributed by atoms with Crippen molar-refractivity contribution in [2.45, 2.75) is 29.7 Å². The summed E-state index contributed by atoms with van der Waals surface area (Å²) in [6.45, 7) is 0. The number of nitrogens with zero attached hydrogens (tertiary/aromatic N) is 5. The van der Waals surface area contributed by atoms with E-state index in [1.807, 2.05) is 12.1 Å². The zero-order valence-corrected chi connectivity index (χ0v) is 15.2. The summed E-state index contributed by atoms with van der Waals surface area (Å²) in [5, 5.41) is 13.0. The monoisotopic (exact) mass is 374 g/mol. The van der Waals surface area contributed by atoms with Gasteiger partial charge in [0.05, 0.1) is 25.5 Å². The van der Waals surface area contributed by atoms with Gasteiger partial charge in [-0.2, -0.15) is 4.98 Å². The van der Waals surface area contributed by atoms with Crippen LogP contribution in [0.3, 0.4) is 0 Å². The Bertz CT molecular complexity index is 921. The number of benzene rings is 1. The van der Waals surface area contributed by atoms with Crippen LogP contribution in [-0.4, -0.2) is 39.2 Å². The molecule has 1 aliphatic carbocycles. The van der Waals surface area contributed by atoms with Crippen LogP contribution < -0.4 is 15.3 Å². The maximum absolute atomic E-state index is 6.05. The van der Waals surface area contributed by atoms with E-state index in [0.29, 0.717) is 40.0 Å². The molecule has 0 saturated heterocycles. The summed E-state index contributed by atoms with van der Waals surface area (Å²) in [6, 6.07) is 5.42. The summed E-state index contributed by atoms with van der Waals surface area (Å²) in [6.07, 6.45) is 2.24. The summed E-state index contributed by atoms with van der Waals surface area (Å²) in [5.41, 5.74) is 0.728. The fourth-order valence-electron chi connectivity index (χ4n) is 2.54. The second-order valence-corrected chi connectivity index (χ2v) is 6.79. The Balaban J connectivity index is 1.48. The molecule has 1 fully saturated rings. The third-order valence-corrected chi connectivity index (χ3v) is 5.00. The number of aromatic nitrogens is 5. The smallest absolute Gasteiger partial charge is 0.237 e. The van der Waals surface area contributed by atoms with Gasteiger partial charge in [-0.1, -0.05) is 16.9 Å². The molecule has 1 aliphatic rings. The Kier molecular flexibility index (Phi) is 4.41. The minimum atomic E-state index is 0.444. The highest BCUT2D eigenvalue weighted by molar-refractivity contribution is 7.98. The summed E-state index contributed by atoms with van der Waals surface area (Å²) in [7, 11) is 3.18. The van der Waals surface area contributed by atoms with Crippen molar-refractivity contribution < 1.29 is 14.0 Å². The molecule has 2 heterocycles. The lowest BCUT2D eigenvalue weighted by atomic mass is 10.2. The largest absolute Gasteiger partial charge is 0.497 e. The van der Waals surface area contributed by atoms with Crippen molar-refractivity contribution in [1.29, 1.82) is 0 Å². The topological polar surface area (TPSA) is 114 Å². The van der Waals surface area contributed by atoms with Crippen LogP contribution in [0.2, 0.25) is 0 Å². The standard InChI is InChI=1S/C16H18N6O3S/c1-23-10-5-6-11(12(7-10)24-2)14-18-13(25-21-14)8-26-16-20-19-15(22(16)17)9-3-4-9/h5-7,9H,3-4,8,17H2,1-2H3. The maximum Gasteiger partial charge on any atom is 0.237 e. The fraction of sp³-hybridized carbons (Fsp3) is 0.375. The number of ether oxygens (including phenoxy) is 2. The van der Waals surface area contributed by atoms with Gasteiger partial charge in [-0.15, -0.1) is 10.2 Å². The normalized spacial score (nSPS) is 13.8. The minimum absolute atomic E-state index is 0.444. The Morgan fingerprint density at radius 3 is 2.85 bits per heavy atom. The van der Waals surface area contributed by atoms with Crippen LogP contribution in [-0.2, 0) is 5.75 Å². The Morgan fingerprint density at radius 1 is 1.27 bits per heavy atom. The third kappa shape index (κ3) is 3.19. The average Bonchev–Trinajstić information content (AvgIpc) is 3.29. The van der Waals surface area contributed by atoms with Crippen molar-refractivity contribution in [3.05, 3.63) is 29.9 Å². The molecular formula is C16H18N6O3S. The van der Waals surface area contributed by atoms with Gasteiger partial charge in [0.1, 0.15) is 11.5 Å².